The van der Waals surface area contributed by atoms with Gasteiger partial charge in [-0.3, -0.25) is 0 Å². The Hall–Kier alpha value is -7.42. The standard InChI is InChI=1S/C54H35NO/c1-2-14-38(15-3-1)52-48-20-8-6-17-45(48)46-18-7-9-21-49(46)53(52)39-28-32-42(33-29-39)55(43-34-25-36-13-4-5-16-40(36)35-43)41-30-26-37(27-31-41)44-22-12-23-50-47-19-10-11-24-51(47)56-54(44)50/h1-35H. The highest BCUT2D eigenvalue weighted by Crippen LogP contribution is 2.46. The third-order valence-corrected chi connectivity index (χ3v) is 11.2. The quantitative estimate of drug-likeness (QED) is 0.160. The monoisotopic (exact) mass is 713 g/mol. The molecule has 2 heteroatoms. The maximum absolute atomic E-state index is 6.42. The molecular formula is C54H35NO. The molecule has 0 saturated carbocycles. The fourth-order valence-corrected chi connectivity index (χ4v) is 8.65. The van der Waals surface area contributed by atoms with Gasteiger partial charge in [0.2, 0.25) is 0 Å². The number of hydrogen-bond donors (Lipinski definition) is 0. The van der Waals surface area contributed by atoms with Crippen LogP contribution in [0.15, 0.2) is 217 Å². The van der Waals surface area contributed by atoms with Crippen molar-refractivity contribution in [3.8, 4) is 33.4 Å². The summed E-state index contributed by atoms with van der Waals surface area (Å²) in [5, 5.41) is 9.73. The van der Waals surface area contributed by atoms with E-state index in [9.17, 15) is 0 Å². The molecule has 0 bridgehead atoms. The molecule has 0 radical (unpaired) electrons. The maximum atomic E-state index is 6.42. The van der Waals surface area contributed by atoms with E-state index in [4.69, 9.17) is 4.42 Å². The first-order valence-corrected chi connectivity index (χ1v) is 19.2. The number of para-hydroxylation sites is 2. The number of nitrogens with zero attached hydrogens (tertiary/aromatic N) is 1. The first kappa shape index (κ1) is 32.0. The largest absolute Gasteiger partial charge is 0.455 e. The van der Waals surface area contributed by atoms with Gasteiger partial charge in [0.15, 0.2) is 0 Å². The van der Waals surface area contributed by atoms with E-state index in [1.165, 1.54) is 54.6 Å². The average molecular weight is 714 g/mol. The predicted octanol–water partition coefficient (Wildman–Crippen LogP) is 15.5. The van der Waals surface area contributed by atoms with Gasteiger partial charge in [-0.2, -0.15) is 0 Å². The van der Waals surface area contributed by atoms with Gasteiger partial charge < -0.3 is 9.32 Å². The van der Waals surface area contributed by atoms with Gasteiger partial charge in [-0.05, 0) is 103 Å². The van der Waals surface area contributed by atoms with Crippen LogP contribution in [0.3, 0.4) is 0 Å². The molecule has 56 heavy (non-hydrogen) atoms. The highest BCUT2D eigenvalue weighted by atomic mass is 16.3. The molecule has 11 aromatic rings. The topological polar surface area (TPSA) is 16.4 Å². The summed E-state index contributed by atoms with van der Waals surface area (Å²) in [6.07, 6.45) is 0. The highest BCUT2D eigenvalue weighted by molar-refractivity contribution is 6.21. The molecule has 0 atom stereocenters. The van der Waals surface area contributed by atoms with Gasteiger partial charge in [-0.25, -0.2) is 0 Å². The van der Waals surface area contributed by atoms with Crippen LogP contribution in [0.25, 0.3) is 87.6 Å². The smallest absolute Gasteiger partial charge is 0.143 e. The molecular weight excluding hydrogens is 679 g/mol. The SMILES string of the molecule is c1ccc(-c2c(-c3ccc(N(c4ccc(-c5cccc6c5oc5ccccc56)cc4)c4ccc5ccccc5c4)cc3)c3ccccc3c3ccccc23)cc1. The zero-order chi connectivity index (χ0) is 37.0. The lowest BCUT2D eigenvalue weighted by molar-refractivity contribution is 0.670. The Morgan fingerprint density at radius 2 is 0.804 bits per heavy atom. The van der Waals surface area contributed by atoms with E-state index in [1.807, 2.05) is 12.1 Å². The molecule has 1 aromatic heterocycles. The minimum Gasteiger partial charge on any atom is -0.455 e. The highest BCUT2D eigenvalue weighted by Gasteiger charge is 2.20. The van der Waals surface area contributed by atoms with Crippen LogP contribution < -0.4 is 4.90 Å². The van der Waals surface area contributed by atoms with Crippen LogP contribution in [-0.4, -0.2) is 0 Å². The Kier molecular flexibility index (Phi) is 7.53. The van der Waals surface area contributed by atoms with Crippen molar-refractivity contribution in [2.75, 3.05) is 4.90 Å². The van der Waals surface area contributed by atoms with E-state index in [1.54, 1.807) is 0 Å². The first-order chi connectivity index (χ1) is 27.8. The average Bonchev–Trinajstić information content (AvgIpc) is 3.66. The van der Waals surface area contributed by atoms with Gasteiger partial charge in [-0.1, -0.05) is 170 Å². The van der Waals surface area contributed by atoms with Crippen LogP contribution in [-0.2, 0) is 0 Å². The third kappa shape index (κ3) is 5.26. The first-order valence-electron chi connectivity index (χ1n) is 19.2. The summed E-state index contributed by atoms with van der Waals surface area (Å²) in [4.78, 5) is 2.36. The van der Waals surface area contributed by atoms with Crippen LogP contribution in [0.4, 0.5) is 17.1 Å². The molecule has 2 nitrogen and oxygen atoms in total. The molecule has 0 aliphatic heterocycles. The Balaban J connectivity index is 1.06. The summed E-state index contributed by atoms with van der Waals surface area (Å²) in [6.45, 7) is 0. The second-order valence-electron chi connectivity index (χ2n) is 14.4. The van der Waals surface area contributed by atoms with Crippen molar-refractivity contribution in [1.29, 1.82) is 0 Å². The van der Waals surface area contributed by atoms with Crippen molar-refractivity contribution in [2.45, 2.75) is 0 Å². The molecule has 0 saturated heterocycles. The van der Waals surface area contributed by atoms with E-state index >= 15 is 0 Å². The lowest BCUT2D eigenvalue weighted by atomic mass is 9.85. The Morgan fingerprint density at radius 3 is 1.48 bits per heavy atom. The molecule has 262 valence electrons. The molecule has 10 aromatic carbocycles. The van der Waals surface area contributed by atoms with Crippen LogP contribution in [0, 0.1) is 0 Å². The Bertz CT molecular complexity index is 3230. The van der Waals surface area contributed by atoms with Gasteiger partial charge in [-0.15, -0.1) is 0 Å². The van der Waals surface area contributed by atoms with E-state index in [0.29, 0.717) is 0 Å². The van der Waals surface area contributed by atoms with E-state index in [0.717, 1.165) is 50.1 Å². The lowest BCUT2D eigenvalue weighted by Crippen LogP contribution is -2.09. The van der Waals surface area contributed by atoms with Crippen molar-refractivity contribution in [1.82, 2.24) is 0 Å². The number of fused-ring (bicyclic) bond motifs is 7. The van der Waals surface area contributed by atoms with Gasteiger partial charge in [0.25, 0.3) is 0 Å². The normalized spacial score (nSPS) is 11.6. The molecule has 11 rings (SSSR count). The minimum atomic E-state index is 0.907. The Labute approximate surface area is 325 Å². The van der Waals surface area contributed by atoms with Crippen LogP contribution in [0.2, 0.25) is 0 Å². The van der Waals surface area contributed by atoms with E-state index in [-0.39, 0.29) is 0 Å². The molecule has 0 N–H and O–H groups in total. The molecule has 1 heterocycles. The van der Waals surface area contributed by atoms with Crippen LogP contribution in [0.1, 0.15) is 0 Å². The van der Waals surface area contributed by atoms with Gasteiger partial charge in [0.05, 0.1) is 0 Å². The van der Waals surface area contributed by atoms with Crippen molar-refractivity contribution in [3.63, 3.8) is 0 Å². The van der Waals surface area contributed by atoms with Crippen molar-refractivity contribution in [3.05, 3.63) is 212 Å². The second-order valence-corrected chi connectivity index (χ2v) is 14.4. The molecule has 0 fully saturated rings. The van der Waals surface area contributed by atoms with Crippen molar-refractivity contribution in [2.24, 2.45) is 0 Å². The molecule has 0 amide bonds. The van der Waals surface area contributed by atoms with Crippen LogP contribution in [0.5, 0.6) is 0 Å². The van der Waals surface area contributed by atoms with E-state index < -0.39 is 0 Å². The number of furan rings is 1. The minimum absolute atomic E-state index is 0.907. The van der Waals surface area contributed by atoms with Crippen molar-refractivity contribution < 1.29 is 4.42 Å². The number of benzene rings is 10. The van der Waals surface area contributed by atoms with Gasteiger partial charge in [0.1, 0.15) is 11.2 Å². The molecule has 0 unspecified atom stereocenters. The summed E-state index contributed by atoms with van der Waals surface area (Å²) in [7, 11) is 0. The lowest BCUT2D eigenvalue weighted by Gasteiger charge is -2.26. The molecule has 0 aliphatic carbocycles. The number of rotatable bonds is 6. The van der Waals surface area contributed by atoms with Gasteiger partial charge in [0, 0.05) is 33.4 Å². The molecule has 0 spiro atoms. The molecule has 0 aliphatic rings. The summed E-state index contributed by atoms with van der Waals surface area (Å²) in [6, 6.07) is 76.5. The van der Waals surface area contributed by atoms with Gasteiger partial charge >= 0.3 is 0 Å². The zero-order valence-electron chi connectivity index (χ0n) is 30.6. The maximum Gasteiger partial charge on any atom is 0.143 e. The zero-order valence-corrected chi connectivity index (χ0v) is 30.6. The fourth-order valence-electron chi connectivity index (χ4n) is 8.65. The summed E-state index contributed by atoms with van der Waals surface area (Å²) >= 11 is 0. The second kappa shape index (κ2) is 13.2. The number of anilines is 3. The summed E-state index contributed by atoms with van der Waals surface area (Å²) in [5.74, 6) is 0. The number of hydrogen-bond acceptors (Lipinski definition) is 2. The Morgan fingerprint density at radius 1 is 0.304 bits per heavy atom. The third-order valence-electron chi connectivity index (χ3n) is 11.2. The van der Waals surface area contributed by atoms with Crippen LogP contribution >= 0.6 is 0 Å². The van der Waals surface area contributed by atoms with Crippen molar-refractivity contribution >= 4 is 71.3 Å². The summed E-state index contributed by atoms with van der Waals surface area (Å²) < 4.78 is 6.42. The predicted molar refractivity (Wildman–Crippen MR) is 237 cm³/mol. The summed E-state index contributed by atoms with van der Waals surface area (Å²) in [5.41, 5.74) is 12.2. The van der Waals surface area contributed by atoms with E-state index in [2.05, 4.69) is 205 Å². The fraction of sp³-hybridized carbons (Fsp3) is 0.